The summed E-state index contributed by atoms with van der Waals surface area (Å²) in [5.74, 6) is -0.920. The third kappa shape index (κ3) is 6.52. The van der Waals surface area contributed by atoms with Crippen LogP contribution in [-0.2, 0) is 16.1 Å². The maximum Gasteiger partial charge on any atom is 0.255 e. The van der Waals surface area contributed by atoms with Crippen LogP contribution in [0.25, 0.3) is 0 Å². The molecule has 4 rings (SSSR count). The van der Waals surface area contributed by atoms with Gasteiger partial charge >= 0.3 is 0 Å². The number of hydrogen-bond donors (Lipinski definition) is 1. The van der Waals surface area contributed by atoms with E-state index >= 15 is 0 Å². The molecule has 2 heterocycles. The minimum absolute atomic E-state index is 0.0470. The Balaban J connectivity index is 1.41. The second kappa shape index (κ2) is 11.2. The molecule has 3 aromatic rings. The molecule has 0 spiro atoms. The van der Waals surface area contributed by atoms with Crippen LogP contribution in [0, 0.1) is 5.82 Å². The van der Waals surface area contributed by atoms with Crippen LogP contribution in [0.3, 0.4) is 0 Å². The number of rotatable bonds is 9. The Morgan fingerprint density at radius 1 is 1.17 bits per heavy atom. The Hall–Kier alpha value is -3.56. The van der Waals surface area contributed by atoms with E-state index in [2.05, 4.69) is 27.4 Å². The lowest BCUT2D eigenvalue weighted by molar-refractivity contribution is -0.134. The maximum atomic E-state index is 13.4. The van der Waals surface area contributed by atoms with Crippen LogP contribution < -0.4 is 5.32 Å². The van der Waals surface area contributed by atoms with Gasteiger partial charge < -0.3 is 15.0 Å². The van der Waals surface area contributed by atoms with Crippen molar-refractivity contribution in [3.05, 3.63) is 83.9 Å². The molecule has 2 amide bonds. The summed E-state index contributed by atoms with van der Waals surface area (Å²) in [4.78, 5) is 28.2. The fraction of sp³-hybridized carbons (Fsp3) is 0.346. The molecule has 1 N–H and O–H groups in total. The molecule has 8 nitrogen and oxygen atoms in total. The van der Waals surface area contributed by atoms with Crippen LogP contribution in [0.15, 0.2) is 67.0 Å². The Labute approximate surface area is 204 Å². The van der Waals surface area contributed by atoms with Crippen LogP contribution in [0.1, 0.15) is 28.4 Å². The Morgan fingerprint density at radius 2 is 1.97 bits per heavy atom. The van der Waals surface area contributed by atoms with E-state index in [1.54, 1.807) is 32.6 Å². The van der Waals surface area contributed by atoms with Gasteiger partial charge in [0.25, 0.3) is 5.91 Å². The van der Waals surface area contributed by atoms with E-state index in [9.17, 15) is 14.0 Å². The molecule has 0 unspecified atom stereocenters. The average Bonchev–Trinajstić information content (AvgIpc) is 3.46. The number of amides is 2. The molecule has 184 valence electrons. The number of aromatic nitrogens is 2. The third-order valence-corrected chi connectivity index (χ3v) is 6.09. The van der Waals surface area contributed by atoms with Crippen molar-refractivity contribution >= 4 is 17.5 Å². The fourth-order valence-corrected chi connectivity index (χ4v) is 4.18. The number of carbonyl (C=O) groups is 2. The van der Waals surface area contributed by atoms with Gasteiger partial charge in [-0.2, -0.15) is 5.10 Å². The zero-order chi connectivity index (χ0) is 24.8. The predicted octanol–water partition coefficient (Wildman–Crippen LogP) is 3.19. The summed E-state index contributed by atoms with van der Waals surface area (Å²) >= 11 is 0. The summed E-state index contributed by atoms with van der Waals surface area (Å²) in [6, 6.07) is 16.0. The highest BCUT2D eigenvalue weighted by atomic mass is 19.1. The molecule has 1 aliphatic rings. The maximum absolute atomic E-state index is 13.4. The summed E-state index contributed by atoms with van der Waals surface area (Å²) in [5.41, 5.74) is 1.99. The van der Waals surface area contributed by atoms with Crippen LogP contribution in [-0.4, -0.2) is 71.3 Å². The first-order valence-corrected chi connectivity index (χ1v) is 11.6. The van der Waals surface area contributed by atoms with Gasteiger partial charge in [0, 0.05) is 45.0 Å². The van der Waals surface area contributed by atoms with Gasteiger partial charge in [-0.3, -0.25) is 19.2 Å². The fourth-order valence-electron chi connectivity index (χ4n) is 4.18. The highest BCUT2D eigenvalue weighted by Gasteiger charge is 2.34. The molecule has 1 aliphatic heterocycles. The zero-order valence-electron chi connectivity index (χ0n) is 19.9. The lowest BCUT2D eigenvalue weighted by atomic mass is 10.1. The van der Waals surface area contributed by atoms with Gasteiger partial charge in [-0.15, -0.1) is 0 Å². The van der Waals surface area contributed by atoms with E-state index in [0.29, 0.717) is 12.3 Å². The predicted molar refractivity (Wildman–Crippen MR) is 130 cm³/mol. The molecule has 2 aromatic carbocycles. The summed E-state index contributed by atoms with van der Waals surface area (Å²) in [6.07, 6.45) is 4.18. The summed E-state index contributed by atoms with van der Waals surface area (Å²) in [7, 11) is 3.42. The number of halogens is 1. The molecule has 35 heavy (non-hydrogen) atoms. The SMILES string of the molecule is CN(C)C(=O)COC[C@@H]1C[C@H](n2cc(NC(=O)c3cccc(F)c3)cn2)CN1Cc1ccccc1. The second-order valence-corrected chi connectivity index (χ2v) is 8.94. The molecular formula is C26H30FN5O3. The van der Waals surface area contributed by atoms with Crippen molar-refractivity contribution in [3.63, 3.8) is 0 Å². The summed E-state index contributed by atoms with van der Waals surface area (Å²) in [6.45, 7) is 2.00. The number of hydrogen-bond acceptors (Lipinski definition) is 5. The lowest BCUT2D eigenvalue weighted by Crippen LogP contribution is -2.34. The molecule has 9 heteroatoms. The number of likely N-dealkylation sites (N-methyl/N-ethyl adjacent to an activating group) is 1. The first-order chi connectivity index (χ1) is 16.9. The van der Waals surface area contributed by atoms with Crippen molar-refractivity contribution in [2.24, 2.45) is 0 Å². The average molecular weight is 480 g/mol. The lowest BCUT2D eigenvalue weighted by Gasteiger charge is -2.24. The Morgan fingerprint density at radius 3 is 2.71 bits per heavy atom. The van der Waals surface area contributed by atoms with Crippen molar-refractivity contribution in [2.45, 2.75) is 25.0 Å². The largest absolute Gasteiger partial charge is 0.370 e. The number of nitrogens with one attached hydrogen (secondary N) is 1. The van der Waals surface area contributed by atoms with Gasteiger partial charge in [0.15, 0.2) is 0 Å². The van der Waals surface area contributed by atoms with Crippen LogP contribution in [0.5, 0.6) is 0 Å². The van der Waals surface area contributed by atoms with Crippen molar-refractivity contribution in [2.75, 3.05) is 39.2 Å². The number of benzene rings is 2. The summed E-state index contributed by atoms with van der Waals surface area (Å²) in [5, 5.41) is 7.25. The molecule has 0 aliphatic carbocycles. The summed E-state index contributed by atoms with van der Waals surface area (Å²) < 4.78 is 21.1. The van der Waals surface area contributed by atoms with E-state index in [1.807, 2.05) is 22.9 Å². The van der Waals surface area contributed by atoms with E-state index in [1.165, 1.54) is 28.7 Å². The number of ether oxygens (including phenoxy) is 1. The van der Waals surface area contributed by atoms with E-state index in [4.69, 9.17) is 4.74 Å². The standard InChI is InChI=1S/C26H30FN5O3/c1-30(2)25(33)18-35-17-24-12-23(16-31(24)14-19-7-4-3-5-8-19)32-15-22(13-28-32)29-26(34)20-9-6-10-21(27)11-20/h3-11,13,15,23-24H,12,14,16-18H2,1-2H3,(H,29,34)/t23-,24-/m0/s1. The number of likely N-dealkylation sites (tertiary alicyclic amines) is 1. The molecule has 0 radical (unpaired) electrons. The van der Waals surface area contributed by atoms with Gasteiger partial charge in [0.1, 0.15) is 12.4 Å². The van der Waals surface area contributed by atoms with E-state index in [-0.39, 0.29) is 30.2 Å². The van der Waals surface area contributed by atoms with Gasteiger partial charge in [0.2, 0.25) is 5.91 Å². The third-order valence-electron chi connectivity index (χ3n) is 6.09. The highest BCUT2D eigenvalue weighted by molar-refractivity contribution is 6.04. The van der Waals surface area contributed by atoms with Gasteiger partial charge in [-0.05, 0) is 30.2 Å². The van der Waals surface area contributed by atoms with Crippen LogP contribution in [0.2, 0.25) is 0 Å². The monoisotopic (exact) mass is 479 g/mol. The minimum atomic E-state index is -0.460. The van der Waals surface area contributed by atoms with E-state index in [0.717, 1.165) is 19.5 Å². The molecule has 1 aromatic heterocycles. The first kappa shape index (κ1) is 24.6. The second-order valence-electron chi connectivity index (χ2n) is 8.94. The quantitative estimate of drug-likeness (QED) is 0.510. The van der Waals surface area contributed by atoms with Crippen LogP contribution in [0.4, 0.5) is 10.1 Å². The zero-order valence-corrected chi connectivity index (χ0v) is 19.9. The molecule has 1 fully saturated rings. The molecule has 0 saturated carbocycles. The Bertz CT molecular complexity index is 1150. The van der Waals surface area contributed by atoms with E-state index < -0.39 is 11.7 Å². The Kier molecular flexibility index (Phi) is 7.89. The highest BCUT2D eigenvalue weighted by Crippen LogP contribution is 2.29. The van der Waals surface area contributed by atoms with Crippen molar-refractivity contribution in [3.8, 4) is 0 Å². The first-order valence-electron chi connectivity index (χ1n) is 11.6. The van der Waals surface area contributed by atoms with Crippen molar-refractivity contribution in [1.82, 2.24) is 19.6 Å². The molecule has 0 bridgehead atoms. The smallest absolute Gasteiger partial charge is 0.255 e. The normalized spacial score (nSPS) is 17.9. The topological polar surface area (TPSA) is 79.7 Å². The molecule has 1 saturated heterocycles. The van der Waals surface area contributed by atoms with Crippen molar-refractivity contribution in [1.29, 1.82) is 0 Å². The van der Waals surface area contributed by atoms with Gasteiger partial charge in [-0.25, -0.2) is 4.39 Å². The van der Waals surface area contributed by atoms with Crippen molar-refractivity contribution < 1.29 is 18.7 Å². The van der Waals surface area contributed by atoms with Gasteiger partial charge in [-0.1, -0.05) is 36.4 Å². The van der Waals surface area contributed by atoms with Crippen LogP contribution >= 0.6 is 0 Å². The van der Waals surface area contributed by atoms with Gasteiger partial charge in [0.05, 0.1) is 24.5 Å². The minimum Gasteiger partial charge on any atom is -0.370 e. The number of anilines is 1. The number of nitrogens with zero attached hydrogens (tertiary/aromatic N) is 4. The number of carbonyl (C=O) groups excluding carboxylic acids is 2. The molecule has 2 atom stereocenters. The molecular weight excluding hydrogens is 449 g/mol.